The Balaban J connectivity index is 3.43. The van der Waals surface area contributed by atoms with Crippen LogP contribution in [0.4, 0.5) is 0 Å². The number of hydrogen-bond donors (Lipinski definition) is 3. The Morgan fingerprint density at radius 1 is 0.360 bits per heavy atom. The lowest BCUT2D eigenvalue weighted by molar-refractivity contribution is -0.143. The van der Waals surface area contributed by atoms with Gasteiger partial charge in [-0.25, -0.2) is 0 Å². The minimum absolute atomic E-state index is 0.00184. The summed E-state index contributed by atoms with van der Waals surface area (Å²) in [5.41, 5.74) is 0. The molecule has 0 saturated heterocycles. The summed E-state index contributed by atoms with van der Waals surface area (Å²) in [7, 11) is 0. The molecule has 0 saturated carbocycles. The fourth-order valence-corrected chi connectivity index (χ4v) is 10.7. The molecule has 0 aliphatic rings. The summed E-state index contributed by atoms with van der Waals surface area (Å²) < 4.78 is 5.49. The molecule has 0 rings (SSSR count). The van der Waals surface area contributed by atoms with Gasteiger partial charge in [-0.1, -0.05) is 334 Å². The Kier molecular flexibility index (Phi) is 63.4. The molecule has 0 fully saturated rings. The zero-order valence-electron chi connectivity index (χ0n) is 50.8. The van der Waals surface area contributed by atoms with E-state index in [0.29, 0.717) is 19.4 Å². The van der Waals surface area contributed by atoms with Crippen LogP contribution in [0, 0.1) is 0 Å². The zero-order valence-corrected chi connectivity index (χ0v) is 50.8. The molecule has 0 aliphatic carbocycles. The first-order chi connectivity index (χ1) is 37.0. The molecule has 1 amide bonds. The highest BCUT2D eigenvalue weighted by Gasteiger charge is 2.18. The van der Waals surface area contributed by atoms with Gasteiger partial charge in [-0.05, 0) is 57.8 Å². The molecule has 0 radical (unpaired) electrons. The van der Waals surface area contributed by atoms with E-state index < -0.39 is 12.1 Å². The molecule has 444 valence electrons. The van der Waals surface area contributed by atoms with Gasteiger partial charge in [0.25, 0.3) is 0 Å². The molecule has 2 unspecified atom stereocenters. The molecule has 6 nitrogen and oxygen atoms in total. The Hall–Kier alpha value is -1.66. The number of rotatable bonds is 64. The number of ether oxygens (including phenoxy) is 1. The highest BCUT2D eigenvalue weighted by molar-refractivity contribution is 5.76. The van der Waals surface area contributed by atoms with Gasteiger partial charge in [0.2, 0.25) is 5.91 Å². The third kappa shape index (κ3) is 61.4. The first kappa shape index (κ1) is 73.3. The second kappa shape index (κ2) is 64.9. The van der Waals surface area contributed by atoms with Crippen LogP contribution < -0.4 is 5.32 Å². The van der Waals surface area contributed by atoms with Crippen LogP contribution in [-0.4, -0.2) is 47.4 Å². The first-order valence-corrected chi connectivity index (χ1v) is 34.1. The van der Waals surface area contributed by atoms with Crippen molar-refractivity contribution in [1.82, 2.24) is 5.32 Å². The van der Waals surface area contributed by atoms with Crippen molar-refractivity contribution >= 4 is 11.9 Å². The van der Waals surface area contributed by atoms with E-state index in [9.17, 15) is 19.8 Å². The van der Waals surface area contributed by atoms with E-state index in [0.717, 1.165) is 44.9 Å². The SMILES string of the molecule is CCCCCCCCC/C=C\CCCCCCCC(=O)OCCCCCCCCCCCCCCCCCCCCCC(=O)NC(CO)C(O)/C=C/CCCCCCCCCCCCCCCCCCCCCCC. The summed E-state index contributed by atoms with van der Waals surface area (Å²) in [5, 5.41) is 23.3. The van der Waals surface area contributed by atoms with Gasteiger partial charge in [0.1, 0.15) is 0 Å². The lowest BCUT2D eigenvalue weighted by Crippen LogP contribution is -2.45. The molecule has 0 bridgehead atoms. The fourth-order valence-electron chi connectivity index (χ4n) is 10.7. The number of carbonyl (C=O) groups is 2. The quantitative estimate of drug-likeness (QED) is 0.0320. The minimum atomic E-state index is -0.848. The van der Waals surface area contributed by atoms with E-state index in [4.69, 9.17) is 4.74 Å². The van der Waals surface area contributed by atoms with Gasteiger partial charge >= 0.3 is 5.97 Å². The van der Waals surface area contributed by atoms with E-state index in [-0.39, 0.29) is 18.5 Å². The van der Waals surface area contributed by atoms with Gasteiger partial charge in [-0.3, -0.25) is 9.59 Å². The largest absolute Gasteiger partial charge is 0.466 e. The number of nitrogens with one attached hydrogen (secondary N) is 1. The van der Waals surface area contributed by atoms with Gasteiger partial charge < -0.3 is 20.3 Å². The number of unbranched alkanes of at least 4 members (excludes halogenated alkanes) is 51. The standard InChI is InChI=1S/C69H133NO5/c1-3-5-7-9-11-13-15-17-19-21-22-23-24-25-27-30-33-37-41-45-49-53-57-61-67(72)66(65-71)70-68(73)62-58-54-50-46-42-38-34-31-28-26-29-32-36-40-44-48-52-56-60-64-75-69(74)63-59-55-51-47-43-39-35-20-18-16-14-12-10-8-6-4-2/h20,35,57,61,66-67,71-72H,3-19,21-34,36-56,58-60,62-65H2,1-2H3,(H,70,73)/b35-20-,61-57+. The maximum atomic E-state index is 12.5. The van der Waals surface area contributed by atoms with Crippen molar-refractivity contribution in [2.45, 2.75) is 392 Å². The number of amides is 1. The Morgan fingerprint density at radius 3 is 0.947 bits per heavy atom. The van der Waals surface area contributed by atoms with Crippen molar-refractivity contribution in [2.24, 2.45) is 0 Å². The van der Waals surface area contributed by atoms with Gasteiger partial charge in [0, 0.05) is 12.8 Å². The monoisotopic (exact) mass is 1060 g/mol. The average Bonchev–Trinajstić information content (AvgIpc) is 3.41. The van der Waals surface area contributed by atoms with Crippen LogP contribution in [0.25, 0.3) is 0 Å². The normalized spacial score (nSPS) is 12.6. The summed E-state index contributed by atoms with van der Waals surface area (Å²) in [4.78, 5) is 24.6. The second-order valence-corrected chi connectivity index (χ2v) is 23.5. The molecule has 3 N–H and O–H groups in total. The van der Waals surface area contributed by atoms with E-state index in [1.54, 1.807) is 6.08 Å². The van der Waals surface area contributed by atoms with Crippen LogP contribution in [0.1, 0.15) is 380 Å². The molecule has 2 atom stereocenters. The van der Waals surface area contributed by atoms with E-state index in [2.05, 4.69) is 31.3 Å². The molecule has 0 aromatic rings. The van der Waals surface area contributed by atoms with Crippen LogP contribution in [0.3, 0.4) is 0 Å². The summed E-state index contributed by atoms with van der Waals surface area (Å²) in [6, 6.07) is -0.631. The fraction of sp³-hybridized carbons (Fsp3) is 0.913. The van der Waals surface area contributed by atoms with Gasteiger partial charge in [-0.2, -0.15) is 0 Å². The van der Waals surface area contributed by atoms with Crippen LogP contribution in [0.5, 0.6) is 0 Å². The van der Waals surface area contributed by atoms with Crippen LogP contribution >= 0.6 is 0 Å². The van der Waals surface area contributed by atoms with Crippen LogP contribution in [0.15, 0.2) is 24.3 Å². The van der Waals surface area contributed by atoms with Gasteiger partial charge in [0.15, 0.2) is 0 Å². The molecular weight excluding hydrogens is 923 g/mol. The number of allylic oxidation sites excluding steroid dienone is 3. The zero-order chi connectivity index (χ0) is 54.3. The maximum absolute atomic E-state index is 12.5. The summed E-state index contributed by atoms with van der Waals surface area (Å²) in [6.07, 6.45) is 80.9. The topological polar surface area (TPSA) is 95.9 Å². The number of hydrogen-bond acceptors (Lipinski definition) is 5. The molecule has 0 spiro atoms. The van der Waals surface area contributed by atoms with Crippen molar-refractivity contribution in [3.8, 4) is 0 Å². The number of carbonyl (C=O) groups excluding carboxylic acids is 2. The third-order valence-electron chi connectivity index (χ3n) is 16.0. The molecule has 0 aliphatic heterocycles. The van der Waals surface area contributed by atoms with Gasteiger partial charge in [0.05, 0.1) is 25.4 Å². The van der Waals surface area contributed by atoms with Crippen molar-refractivity contribution < 1.29 is 24.5 Å². The lowest BCUT2D eigenvalue weighted by atomic mass is 10.0. The minimum Gasteiger partial charge on any atom is -0.466 e. The maximum Gasteiger partial charge on any atom is 0.305 e. The van der Waals surface area contributed by atoms with Crippen molar-refractivity contribution in [3.05, 3.63) is 24.3 Å². The van der Waals surface area contributed by atoms with Crippen molar-refractivity contribution in [2.75, 3.05) is 13.2 Å². The summed E-state index contributed by atoms with van der Waals surface area (Å²) in [6.45, 7) is 4.93. The number of esters is 1. The first-order valence-electron chi connectivity index (χ1n) is 34.1. The van der Waals surface area contributed by atoms with Crippen molar-refractivity contribution in [3.63, 3.8) is 0 Å². The van der Waals surface area contributed by atoms with Crippen LogP contribution in [0.2, 0.25) is 0 Å². The smallest absolute Gasteiger partial charge is 0.305 e. The predicted octanol–water partition coefficient (Wildman–Crippen LogP) is 21.8. The highest BCUT2D eigenvalue weighted by Crippen LogP contribution is 2.18. The van der Waals surface area contributed by atoms with E-state index in [1.807, 2.05) is 6.08 Å². The van der Waals surface area contributed by atoms with E-state index in [1.165, 1.54) is 308 Å². The van der Waals surface area contributed by atoms with Crippen LogP contribution in [-0.2, 0) is 14.3 Å². The molecular formula is C69H133NO5. The molecule has 0 aromatic carbocycles. The number of aliphatic hydroxyl groups is 2. The summed E-state index contributed by atoms with van der Waals surface area (Å²) in [5.74, 6) is -0.0650. The lowest BCUT2D eigenvalue weighted by Gasteiger charge is -2.20. The Bertz CT molecular complexity index is 1170. The molecule has 0 aromatic heterocycles. The summed E-state index contributed by atoms with van der Waals surface area (Å²) >= 11 is 0. The second-order valence-electron chi connectivity index (χ2n) is 23.5. The van der Waals surface area contributed by atoms with Gasteiger partial charge in [-0.15, -0.1) is 0 Å². The van der Waals surface area contributed by atoms with Crippen molar-refractivity contribution in [1.29, 1.82) is 0 Å². The molecule has 6 heteroatoms. The molecule has 75 heavy (non-hydrogen) atoms. The third-order valence-corrected chi connectivity index (χ3v) is 16.0. The Labute approximate surface area is 469 Å². The molecule has 0 heterocycles. The average molecular weight is 1060 g/mol. The number of aliphatic hydroxyl groups excluding tert-OH is 2. The highest BCUT2D eigenvalue weighted by atomic mass is 16.5. The van der Waals surface area contributed by atoms with E-state index >= 15 is 0 Å². The predicted molar refractivity (Wildman–Crippen MR) is 329 cm³/mol. The Morgan fingerprint density at radius 2 is 0.627 bits per heavy atom.